The number of hydrogen-bond donors (Lipinski definition) is 1. The zero-order chi connectivity index (χ0) is 33.3. The number of allylic oxidation sites excluding steroid dienone is 1. The van der Waals surface area contributed by atoms with Gasteiger partial charge in [-0.1, -0.05) is 29.8 Å². The second-order valence-electron chi connectivity index (χ2n) is 11.1. The third kappa shape index (κ3) is 6.62. The van der Waals surface area contributed by atoms with Gasteiger partial charge in [0.2, 0.25) is 0 Å². The summed E-state index contributed by atoms with van der Waals surface area (Å²) < 4.78 is 29.0. The number of rotatable bonds is 8. The van der Waals surface area contributed by atoms with Gasteiger partial charge < -0.3 is 0 Å². The summed E-state index contributed by atoms with van der Waals surface area (Å²) in [4.78, 5) is 35.6. The molecule has 0 radical (unpaired) electrons. The van der Waals surface area contributed by atoms with Crippen LogP contribution in [0.25, 0.3) is 6.08 Å². The van der Waals surface area contributed by atoms with Crippen LogP contribution in [-0.4, -0.2) is 34.9 Å². The fourth-order valence-corrected chi connectivity index (χ4v) is 7.08. The summed E-state index contributed by atoms with van der Waals surface area (Å²) in [7, 11) is -4.07. The van der Waals surface area contributed by atoms with Crippen molar-refractivity contribution in [2.24, 2.45) is 11.0 Å². The lowest BCUT2D eigenvalue weighted by atomic mass is 9.77. The minimum absolute atomic E-state index is 0.0329. The highest BCUT2D eigenvalue weighted by Crippen LogP contribution is 2.45. The van der Waals surface area contributed by atoms with E-state index in [-0.39, 0.29) is 27.8 Å². The summed E-state index contributed by atoms with van der Waals surface area (Å²) in [6, 6.07) is 23.2. The fourth-order valence-electron chi connectivity index (χ4n) is 5.85. The third-order valence-electron chi connectivity index (χ3n) is 8.09. The summed E-state index contributed by atoms with van der Waals surface area (Å²) in [6.45, 7) is 0. The van der Waals surface area contributed by atoms with Gasteiger partial charge in [-0.2, -0.15) is 5.10 Å². The Labute approximate surface area is 274 Å². The van der Waals surface area contributed by atoms with Gasteiger partial charge in [-0.15, -0.1) is 0 Å². The van der Waals surface area contributed by atoms with Gasteiger partial charge in [0.05, 0.1) is 26.5 Å². The Morgan fingerprint density at radius 1 is 0.915 bits per heavy atom. The topological polar surface area (TPSA) is 165 Å². The first kappa shape index (κ1) is 31.6. The van der Waals surface area contributed by atoms with E-state index in [4.69, 9.17) is 16.7 Å². The summed E-state index contributed by atoms with van der Waals surface area (Å²) in [6.07, 6.45) is 4.01. The van der Waals surface area contributed by atoms with Crippen LogP contribution >= 0.6 is 11.6 Å². The van der Waals surface area contributed by atoms with Crippen molar-refractivity contribution in [1.82, 2.24) is 5.01 Å². The van der Waals surface area contributed by atoms with Crippen LogP contribution in [-0.2, 0) is 10.0 Å². The first-order chi connectivity index (χ1) is 22.5. The van der Waals surface area contributed by atoms with Crippen LogP contribution in [0, 0.1) is 26.1 Å². The van der Waals surface area contributed by atoms with Crippen molar-refractivity contribution in [3.63, 3.8) is 0 Å². The van der Waals surface area contributed by atoms with Crippen molar-refractivity contribution >= 4 is 56.4 Å². The smallest absolute Gasteiger partial charge is 0.274 e. The SMILES string of the molecule is O=C(c1cccc(S(=O)(=O)Nc2ccc(Cl)cc2)c1)N1N=C2/C(=C\c3ccc([N+](=O)[O-])cc3)CCCC2C1c1ccc([N+](=O)[O-])cc1. The molecule has 12 nitrogen and oxygen atoms in total. The first-order valence-electron chi connectivity index (χ1n) is 14.5. The molecule has 0 saturated heterocycles. The van der Waals surface area contributed by atoms with Crippen molar-refractivity contribution in [2.75, 3.05) is 4.72 Å². The molecular weight excluding hydrogens is 646 g/mol. The lowest BCUT2D eigenvalue weighted by Gasteiger charge is -2.29. The van der Waals surface area contributed by atoms with E-state index in [9.17, 15) is 33.4 Å². The number of nitrogens with one attached hydrogen (secondary N) is 1. The van der Waals surface area contributed by atoms with Crippen molar-refractivity contribution < 1.29 is 23.1 Å². The third-order valence-corrected chi connectivity index (χ3v) is 9.72. The van der Waals surface area contributed by atoms with Crippen LogP contribution in [0.5, 0.6) is 0 Å². The molecule has 1 heterocycles. The van der Waals surface area contributed by atoms with Gasteiger partial charge in [0.15, 0.2) is 0 Å². The maximum absolute atomic E-state index is 14.2. The lowest BCUT2D eigenvalue weighted by molar-refractivity contribution is -0.385. The zero-order valence-corrected chi connectivity index (χ0v) is 26.1. The predicted molar refractivity (Wildman–Crippen MR) is 177 cm³/mol. The number of carbonyl (C=O) groups is 1. The number of nitro benzene ring substituents is 2. The zero-order valence-electron chi connectivity index (χ0n) is 24.5. The van der Waals surface area contributed by atoms with Crippen molar-refractivity contribution in [3.05, 3.63) is 145 Å². The van der Waals surface area contributed by atoms with Crippen molar-refractivity contribution in [2.45, 2.75) is 30.2 Å². The molecule has 4 aromatic rings. The number of non-ortho nitro benzene ring substituents is 2. The summed E-state index contributed by atoms with van der Waals surface area (Å²) in [5.41, 5.74) is 3.15. The number of sulfonamides is 1. The molecule has 1 aliphatic carbocycles. The minimum Gasteiger partial charge on any atom is -0.280 e. The lowest BCUT2D eigenvalue weighted by Crippen LogP contribution is -2.32. The van der Waals surface area contributed by atoms with E-state index in [1.807, 2.05) is 6.08 Å². The van der Waals surface area contributed by atoms with Crippen molar-refractivity contribution in [3.8, 4) is 0 Å². The quantitative estimate of drug-likeness (QED) is 0.151. The van der Waals surface area contributed by atoms with Gasteiger partial charge in [-0.25, -0.2) is 13.4 Å². The van der Waals surface area contributed by atoms with Gasteiger partial charge in [0, 0.05) is 46.5 Å². The molecule has 0 bridgehead atoms. The number of fused-ring (bicyclic) bond motifs is 1. The number of nitro groups is 2. The highest BCUT2D eigenvalue weighted by Gasteiger charge is 2.44. The van der Waals surface area contributed by atoms with Gasteiger partial charge in [0.25, 0.3) is 27.3 Å². The van der Waals surface area contributed by atoms with Crippen LogP contribution in [0.4, 0.5) is 17.1 Å². The standard InChI is InChI=1S/C33H26ClN5O7S/c34-25-11-13-26(14-12-25)36-47(45,46)29-5-1-4-24(20-29)33(40)37-32(22-9-17-28(18-10-22)39(43)44)30-6-2-3-23(31(30)35-37)19-21-7-15-27(16-8-21)38(41)42/h1,4-5,7-20,30,32,36H,2-3,6H2/b23-19-. The molecule has 1 aliphatic heterocycles. The number of anilines is 1. The Balaban J connectivity index is 1.37. The van der Waals surface area contributed by atoms with E-state index in [2.05, 4.69) is 4.72 Å². The van der Waals surface area contributed by atoms with Gasteiger partial charge in [-0.3, -0.25) is 29.7 Å². The molecule has 6 rings (SSSR count). The molecule has 14 heteroatoms. The number of nitrogens with zero attached hydrogens (tertiary/aromatic N) is 4. The van der Waals surface area contributed by atoms with E-state index in [1.54, 1.807) is 36.4 Å². The number of carbonyl (C=O) groups excluding carboxylic acids is 1. The van der Waals surface area contributed by atoms with Crippen LogP contribution in [0.1, 0.15) is 46.8 Å². The molecule has 0 aromatic heterocycles. The van der Waals surface area contributed by atoms with E-state index in [0.29, 0.717) is 34.8 Å². The minimum atomic E-state index is -4.07. The molecular formula is C33H26ClN5O7S. The van der Waals surface area contributed by atoms with E-state index < -0.39 is 31.8 Å². The number of hydrazone groups is 1. The molecule has 1 N–H and O–H groups in total. The molecule has 1 amide bonds. The Bertz CT molecular complexity index is 2050. The molecule has 0 spiro atoms. The highest BCUT2D eigenvalue weighted by atomic mass is 35.5. The largest absolute Gasteiger partial charge is 0.280 e. The van der Waals surface area contributed by atoms with Gasteiger partial charge in [-0.05, 0) is 96.6 Å². The van der Waals surface area contributed by atoms with E-state index in [0.717, 1.165) is 17.6 Å². The second kappa shape index (κ2) is 12.8. The highest BCUT2D eigenvalue weighted by molar-refractivity contribution is 7.92. The van der Waals surface area contributed by atoms with Gasteiger partial charge in [0.1, 0.15) is 0 Å². The molecule has 2 atom stereocenters. The molecule has 1 fully saturated rings. The maximum Gasteiger partial charge on any atom is 0.274 e. The molecule has 2 aliphatic rings. The average Bonchev–Trinajstić information content (AvgIpc) is 3.46. The normalized spacial score (nSPS) is 18.4. The molecule has 47 heavy (non-hydrogen) atoms. The Hall–Kier alpha value is -5.40. The number of halogens is 1. The monoisotopic (exact) mass is 671 g/mol. The van der Waals surface area contributed by atoms with Crippen LogP contribution in [0.3, 0.4) is 0 Å². The summed E-state index contributed by atoms with van der Waals surface area (Å²) in [5.74, 6) is -0.801. The predicted octanol–water partition coefficient (Wildman–Crippen LogP) is 7.39. The van der Waals surface area contributed by atoms with Crippen LogP contribution in [0.15, 0.2) is 113 Å². The molecule has 1 saturated carbocycles. The fraction of sp³-hybridized carbons (Fsp3) is 0.152. The molecule has 4 aromatic carbocycles. The molecule has 2 unspecified atom stereocenters. The van der Waals surface area contributed by atoms with Crippen LogP contribution in [0.2, 0.25) is 5.02 Å². The number of benzene rings is 4. The van der Waals surface area contributed by atoms with Gasteiger partial charge >= 0.3 is 0 Å². The number of amides is 1. The number of hydrogen-bond acceptors (Lipinski definition) is 8. The first-order valence-corrected chi connectivity index (χ1v) is 16.4. The molecule has 238 valence electrons. The second-order valence-corrected chi connectivity index (χ2v) is 13.2. The Morgan fingerprint density at radius 2 is 1.55 bits per heavy atom. The van der Waals surface area contributed by atoms with E-state index in [1.165, 1.54) is 65.7 Å². The average molecular weight is 672 g/mol. The summed E-state index contributed by atoms with van der Waals surface area (Å²) in [5, 5.41) is 29.1. The Morgan fingerprint density at radius 3 is 2.19 bits per heavy atom. The maximum atomic E-state index is 14.2. The van der Waals surface area contributed by atoms with Crippen molar-refractivity contribution in [1.29, 1.82) is 0 Å². The van der Waals surface area contributed by atoms with Crippen LogP contribution < -0.4 is 4.72 Å². The summed E-state index contributed by atoms with van der Waals surface area (Å²) >= 11 is 5.92. The van der Waals surface area contributed by atoms with E-state index >= 15 is 0 Å². The Kier molecular flexibility index (Phi) is 8.58.